The predicted octanol–water partition coefficient (Wildman–Crippen LogP) is 0.780. The van der Waals surface area contributed by atoms with Crippen LogP contribution < -0.4 is 0 Å². The first kappa shape index (κ1) is 9.07. The molecular weight excluding hydrogens is 139 g/mol. The average molecular weight is 148 g/mol. The van der Waals surface area contributed by atoms with Gasteiger partial charge in [-0.2, -0.15) is 0 Å². The Morgan fingerprint density at radius 3 is 2.30 bits per heavy atom. The van der Waals surface area contributed by atoms with Gasteiger partial charge in [0, 0.05) is 6.42 Å². The van der Waals surface area contributed by atoms with Crippen molar-refractivity contribution in [3.8, 4) is 0 Å². The van der Waals surface area contributed by atoms with Gasteiger partial charge in [-0.15, -0.1) is 0 Å². The Labute approximate surface area is 57.8 Å². The highest BCUT2D eigenvalue weighted by atomic mass is 19.1. The molecule has 0 heterocycles. The lowest BCUT2D eigenvalue weighted by Crippen LogP contribution is -2.11. The third-order valence-corrected chi connectivity index (χ3v) is 1.03. The number of ketones is 1. The zero-order valence-corrected chi connectivity index (χ0v) is 5.47. The number of Topliss-reactive ketones (excluding diaryl/α,β-unsaturated/α-hetero) is 1. The van der Waals surface area contributed by atoms with Gasteiger partial charge in [0.1, 0.15) is 0 Å². The number of carboxylic acids is 1. The molecule has 0 bridgehead atoms. The van der Waals surface area contributed by atoms with Gasteiger partial charge < -0.3 is 5.11 Å². The van der Waals surface area contributed by atoms with Crippen molar-refractivity contribution in [3.05, 3.63) is 0 Å². The number of unbranched alkanes of at least 4 members (excludes halogenated alkanes) is 1. The second-order valence-electron chi connectivity index (χ2n) is 1.87. The van der Waals surface area contributed by atoms with Crippen molar-refractivity contribution in [2.75, 3.05) is 6.67 Å². The SMILES string of the molecule is O=C(O)C(=O)CCCCF. The van der Waals surface area contributed by atoms with Crippen LogP contribution in [0.2, 0.25) is 0 Å². The minimum Gasteiger partial charge on any atom is -0.476 e. The van der Waals surface area contributed by atoms with E-state index in [-0.39, 0.29) is 12.8 Å². The molecule has 0 fully saturated rings. The molecule has 0 aromatic carbocycles. The molecule has 4 heteroatoms. The lowest BCUT2D eigenvalue weighted by molar-refractivity contribution is -0.149. The van der Waals surface area contributed by atoms with Crippen LogP contribution in [-0.2, 0) is 9.59 Å². The summed E-state index contributed by atoms with van der Waals surface area (Å²) in [6, 6.07) is 0. The fourth-order valence-electron chi connectivity index (χ4n) is 0.487. The molecule has 0 aromatic rings. The fourth-order valence-corrected chi connectivity index (χ4v) is 0.487. The van der Waals surface area contributed by atoms with Gasteiger partial charge in [-0.05, 0) is 12.8 Å². The Balaban J connectivity index is 3.31. The normalized spacial score (nSPS) is 9.30. The third-order valence-electron chi connectivity index (χ3n) is 1.03. The summed E-state index contributed by atoms with van der Waals surface area (Å²) < 4.78 is 11.4. The van der Waals surface area contributed by atoms with Crippen LogP contribution in [0.5, 0.6) is 0 Å². The van der Waals surface area contributed by atoms with Crippen LogP contribution in [0.15, 0.2) is 0 Å². The number of alkyl halides is 1. The number of carbonyl (C=O) groups excluding carboxylic acids is 1. The van der Waals surface area contributed by atoms with Crippen LogP contribution >= 0.6 is 0 Å². The van der Waals surface area contributed by atoms with E-state index >= 15 is 0 Å². The van der Waals surface area contributed by atoms with Crippen LogP contribution in [0.3, 0.4) is 0 Å². The van der Waals surface area contributed by atoms with Crippen molar-refractivity contribution < 1.29 is 19.1 Å². The van der Waals surface area contributed by atoms with Crippen molar-refractivity contribution >= 4 is 11.8 Å². The van der Waals surface area contributed by atoms with E-state index in [1.165, 1.54) is 0 Å². The largest absolute Gasteiger partial charge is 0.476 e. The standard InChI is InChI=1S/C6H9FO3/c7-4-2-1-3-5(8)6(9)10/h1-4H2,(H,9,10). The summed E-state index contributed by atoms with van der Waals surface area (Å²) in [4.78, 5) is 20.1. The summed E-state index contributed by atoms with van der Waals surface area (Å²) in [5, 5.41) is 8.04. The molecule has 0 aliphatic carbocycles. The number of carbonyl (C=O) groups is 2. The van der Waals surface area contributed by atoms with E-state index < -0.39 is 18.4 Å². The van der Waals surface area contributed by atoms with E-state index in [1.807, 2.05) is 0 Å². The average Bonchev–Trinajstić information content (AvgIpc) is 1.88. The zero-order chi connectivity index (χ0) is 7.98. The van der Waals surface area contributed by atoms with E-state index in [0.29, 0.717) is 6.42 Å². The Bertz CT molecular complexity index is 133. The highest BCUT2D eigenvalue weighted by Gasteiger charge is 2.09. The molecular formula is C6H9FO3. The lowest BCUT2D eigenvalue weighted by atomic mass is 10.2. The molecule has 0 spiro atoms. The summed E-state index contributed by atoms with van der Waals surface area (Å²) >= 11 is 0. The summed E-state index contributed by atoms with van der Waals surface area (Å²) in [7, 11) is 0. The quantitative estimate of drug-likeness (QED) is 0.463. The molecule has 0 rings (SSSR count). The fraction of sp³-hybridized carbons (Fsp3) is 0.667. The molecule has 0 atom stereocenters. The molecule has 10 heavy (non-hydrogen) atoms. The molecule has 0 saturated carbocycles. The van der Waals surface area contributed by atoms with Crippen molar-refractivity contribution in [3.63, 3.8) is 0 Å². The molecule has 3 nitrogen and oxygen atoms in total. The molecule has 0 amide bonds. The maximum atomic E-state index is 11.4. The minimum atomic E-state index is -1.43. The number of aliphatic carboxylic acids is 1. The number of halogens is 1. The molecule has 0 radical (unpaired) electrons. The van der Waals surface area contributed by atoms with Crippen molar-refractivity contribution in [1.82, 2.24) is 0 Å². The number of hydrogen-bond acceptors (Lipinski definition) is 2. The number of hydrogen-bond donors (Lipinski definition) is 1. The summed E-state index contributed by atoms with van der Waals surface area (Å²) in [5.41, 5.74) is 0. The summed E-state index contributed by atoms with van der Waals surface area (Å²) in [6.07, 6.45) is 0.528. The Morgan fingerprint density at radius 2 is 1.90 bits per heavy atom. The van der Waals surface area contributed by atoms with E-state index in [4.69, 9.17) is 5.11 Å². The van der Waals surface area contributed by atoms with Crippen molar-refractivity contribution in [2.24, 2.45) is 0 Å². The maximum absolute atomic E-state index is 11.4. The topological polar surface area (TPSA) is 54.4 Å². The smallest absolute Gasteiger partial charge is 0.372 e. The monoisotopic (exact) mass is 148 g/mol. The zero-order valence-electron chi connectivity index (χ0n) is 5.47. The van der Waals surface area contributed by atoms with Crippen LogP contribution in [0.4, 0.5) is 4.39 Å². The van der Waals surface area contributed by atoms with Gasteiger partial charge in [0.15, 0.2) is 0 Å². The highest BCUT2D eigenvalue weighted by molar-refractivity contribution is 6.32. The maximum Gasteiger partial charge on any atom is 0.372 e. The van der Waals surface area contributed by atoms with Crippen LogP contribution in [-0.4, -0.2) is 23.5 Å². The highest BCUT2D eigenvalue weighted by Crippen LogP contribution is 1.96. The van der Waals surface area contributed by atoms with E-state index in [2.05, 4.69) is 0 Å². The lowest BCUT2D eigenvalue weighted by Gasteiger charge is -1.91. The van der Waals surface area contributed by atoms with E-state index in [9.17, 15) is 14.0 Å². The van der Waals surface area contributed by atoms with Gasteiger partial charge in [0.2, 0.25) is 5.78 Å². The second kappa shape index (κ2) is 4.90. The van der Waals surface area contributed by atoms with Crippen LogP contribution in [0.25, 0.3) is 0 Å². The van der Waals surface area contributed by atoms with Gasteiger partial charge in [0.25, 0.3) is 0 Å². The van der Waals surface area contributed by atoms with Crippen molar-refractivity contribution in [1.29, 1.82) is 0 Å². The molecule has 58 valence electrons. The first-order valence-electron chi connectivity index (χ1n) is 3.00. The van der Waals surface area contributed by atoms with E-state index in [0.717, 1.165) is 0 Å². The van der Waals surface area contributed by atoms with Crippen LogP contribution in [0, 0.1) is 0 Å². The first-order chi connectivity index (χ1) is 4.68. The Kier molecular flexibility index (Phi) is 4.45. The van der Waals surface area contributed by atoms with Gasteiger partial charge in [-0.25, -0.2) is 4.79 Å². The Hall–Kier alpha value is -0.930. The first-order valence-corrected chi connectivity index (χ1v) is 3.00. The minimum absolute atomic E-state index is 0.0563. The molecule has 0 saturated heterocycles. The van der Waals surface area contributed by atoms with Gasteiger partial charge in [-0.1, -0.05) is 0 Å². The molecule has 0 unspecified atom stereocenters. The molecule has 0 aliphatic heterocycles. The summed E-state index contributed by atoms with van der Waals surface area (Å²) in [5.74, 6) is -2.27. The van der Waals surface area contributed by atoms with Crippen LogP contribution in [0.1, 0.15) is 19.3 Å². The molecule has 0 aromatic heterocycles. The summed E-state index contributed by atoms with van der Waals surface area (Å²) in [6.45, 7) is -0.493. The molecule has 1 N–H and O–H groups in total. The number of rotatable bonds is 5. The Morgan fingerprint density at radius 1 is 1.30 bits per heavy atom. The molecule has 0 aliphatic rings. The second-order valence-corrected chi connectivity index (χ2v) is 1.87. The van der Waals surface area contributed by atoms with E-state index in [1.54, 1.807) is 0 Å². The van der Waals surface area contributed by atoms with Gasteiger partial charge in [0.05, 0.1) is 6.67 Å². The number of carboxylic acid groups (broad SMARTS) is 1. The predicted molar refractivity (Wildman–Crippen MR) is 32.5 cm³/mol. The third kappa shape index (κ3) is 4.00. The van der Waals surface area contributed by atoms with Crippen molar-refractivity contribution in [2.45, 2.75) is 19.3 Å². The van der Waals surface area contributed by atoms with Gasteiger partial charge in [-0.3, -0.25) is 9.18 Å². The van der Waals surface area contributed by atoms with Gasteiger partial charge >= 0.3 is 5.97 Å².